The molecule has 0 radical (unpaired) electrons. The lowest BCUT2D eigenvalue weighted by molar-refractivity contribution is -0.137. The zero-order chi connectivity index (χ0) is 16.0. The second-order valence-corrected chi connectivity index (χ2v) is 5.02. The van der Waals surface area contributed by atoms with Gasteiger partial charge < -0.3 is 10.8 Å². The van der Waals surface area contributed by atoms with Crippen molar-refractivity contribution in [2.45, 2.75) is 13.0 Å². The van der Waals surface area contributed by atoms with Crippen molar-refractivity contribution in [3.63, 3.8) is 0 Å². The third-order valence-electron chi connectivity index (χ3n) is 2.42. The molecule has 8 heteroatoms. The van der Waals surface area contributed by atoms with Crippen molar-refractivity contribution >= 4 is 34.8 Å². The highest BCUT2D eigenvalue weighted by Crippen LogP contribution is 2.14. The Morgan fingerprint density at radius 3 is 2.29 bits per heavy atom. The summed E-state index contributed by atoms with van der Waals surface area (Å²) in [6, 6.07) is 6.59. The predicted molar refractivity (Wildman–Crippen MR) is 76.8 cm³/mol. The Morgan fingerprint density at radius 2 is 1.81 bits per heavy atom. The minimum absolute atomic E-state index is 0.184. The van der Waals surface area contributed by atoms with Crippen LogP contribution in [0.15, 0.2) is 30.3 Å². The van der Waals surface area contributed by atoms with Gasteiger partial charge in [-0.25, -0.2) is 4.90 Å². The maximum Gasteiger partial charge on any atom is 0.321 e. The van der Waals surface area contributed by atoms with Crippen molar-refractivity contribution < 1.29 is 24.3 Å². The molecule has 0 spiro atoms. The molecule has 1 aromatic rings. The quantitative estimate of drug-likeness (QED) is 0.849. The van der Waals surface area contributed by atoms with Gasteiger partial charge in [-0.3, -0.25) is 19.2 Å². The summed E-state index contributed by atoms with van der Waals surface area (Å²) in [5.41, 5.74) is 5.45. The second-order valence-electron chi connectivity index (χ2n) is 4.05. The molecule has 0 aliphatic carbocycles. The molecular formula is C13H14N2O5S. The summed E-state index contributed by atoms with van der Waals surface area (Å²) in [5, 5.41) is 7.78. The average molecular weight is 310 g/mol. The van der Waals surface area contributed by atoms with Gasteiger partial charge in [0, 0.05) is 18.2 Å². The number of carboxylic acid groups (broad SMARTS) is 1. The lowest BCUT2D eigenvalue weighted by Gasteiger charge is -2.17. The van der Waals surface area contributed by atoms with Gasteiger partial charge >= 0.3 is 5.97 Å². The topological polar surface area (TPSA) is 118 Å². The number of nitrogens with zero attached hydrogens (tertiary/aromatic N) is 1. The van der Waals surface area contributed by atoms with Crippen molar-refractivity contribution in [2.75, 3.05) is 5.75 Å². The van der Waals surface area contributed by atoms with Gasteiger partial charge in [0.05, 0.1) is 0 Å². The Kier molecular flexibility index (Phi) is 6.07. The SMILES string of the molecule is CC(=O)N(C(=O)SC[C@H](N)C(=O)O)C(=O)c1ccccc1. The van der Waals surface area contributed by atoms with Crippen molar-refractivity contribution in [3.8, 4) is 0 Å². The van der Waals surface area contributed by atoms with E-state index in [9.17, 15) is 19.2 Å². The van der Waals surface area contributed by atoms with Crippen LogP contribution in [0.25, 0.3) is 0 Å². The fourth-order valence-electron chi connectivity index (χ4n) is 1.36. The molecule has 0 saturated heterocycles. The largest absolute Gasteiger partial charge is 0.480 e. The fraction of sp³-hybridized carbons (Fsp3) is 0.231. The van der Waals surface area contributed by atoms with Crippen LogP contribution in [0.4, 0.5) is 4.79 Å². The third-order valence-corrected chi connectivity index (χ3v) is 3.38. The van der Waals surface area contributed by atoms with Gasteiger partial charge in [-0.05, 0) is 12.1 Å². The second kappa shape index (κ2) is 7.55. The summed E-state index contributed by atoms with van der Waals surface area (Å²) in [6.07, 6.45) is 0. The zero-order valence-corrected chi connectivity index (χ0v) is 12.0. The van der Waals surface area contributed by atoms with Gasteiger partial charge in [-0.15, -0.1) is 0 Å². The van der Waals surface area contributed by atoms with Crippen LogP contribution >= 0.6 is 11.8 Å². The van der Waals surface area contributed by atoms with Crippen LogP contribution in [0.1, 0.15) is 17.3 Å². The van der Waals surface area contributed by atoms with Gasteiger partial charge in [-0.1, -0.05) is 30.0 Å². The van der Waals surface area contributed by atoms with Gasteiger partial charge in [0.2, 0.25) is 5.91 Å². The molecule has 3 N–H and O–H groups in total. The number of rotatable bonds is 4. The number of benzene rings is 1. The number of amides is 3. The maximum atomic E-state index is 12.1. The molecular weight excluding hydrogens is 296 g/mol. The van der Waals surface area contributed by atoms with Gasteiger partial charge in [0.25, 0.3) is 11.1 Å². The first kappa shape index (κ1) is 16.9. The van der Waals surface area contributed by atoms with E-state index >= 15 is 0 Å². The number of nitrogens with two attached hydrogens (primary N) is 1. The standard InChI is InChI=1S/C13H14N2O5S/c1-8(16)15(11(17)9-5-3-2-4-6-9)13(20)21-7-10(14)12(18)19/h2-6,10H,7,14H2,1H3,(H,18,19)/t10-/m0/s1. The van der Waals surface area contributed by atoms with E-state index in [1.807, 2.05) is 0 Å². The molecule has 112 valence electrons. The molecule has 7 nitrogen and oxygen atoms in total. The number of carbonyl (C=O) groups is 4. The van der Waals surface area contributed by atoms with E-state index in [1.165, 1.54) is 12.1 Å². The number of carbonyl (C=O) groups excluding carboxylic acids is 3. The Bertz CT molecular complexity index is 561. The molecule has 21 heavy (non-hydrogen) atoms. The van der Waals surface area contributed by atoms with E-state index in [-0.39, 0.29) is 11.3 Å². The summed E-state index contributed by atoms with van der Waals surface area (Å²) in [7, 11) is 0. The Balaban J connectivity index is 2.82. The minimum Gasteiger partial charge on any atom is -0.480 e. The zero-order valence-electron chi connectivity index (χ0n) is 11.2. The van der Waals surface area contributed by atoms with Crippen molar-refractivity contribution in [1.82, 2.24) is 4.90 Å². The molecule has 0 bridgehead atoms. The highest BCUT2D eigenvalue weighted by atomic mass is 32.2. The van der Waals surface area contributed by atoms with E-state index in [0.29, 0.717) is 16.7 Å². The molecule has 0 aliphatic rings. The van der Waals surface area contributed by atoms with Crippen LogP contribution in [0.5, 0.6) is 0 Å². The smallest absolute Gasteiger partial charge is 0.321 e. The van der Waals surface area contributed by atoms with Gasteiger partial charge in [0.1, 0.15) is 6.04 Å². The van der Waals surface area contributed by atoms with E-state index in [4.69, 9.17) is 10.8 Å². The molecule has 0 unspecified atom stereocenters. The van der Waals surface area contributed by atoms with Crippen LogP contribution in [-0.2, 0) is 9.59 Å². The average Bonchev–Trinajstić information content (AvgIpc) is 2.45. The molecule has 0 aromatic heterocycles. The van der Waals surface area contributed by atoms with Crippen LogP contribution in [0.2, 0.25) is 0 Å². The molecule has 3 amide bonds. The fourth-order valence-corrected chi connectivity index (χ4v) is 2.17. The van der Waals surface area contributed by atoms with E-state index in [2.05, 4.69) is 0 Å². The normalized spacial score (nSPS) is 11.5. The summed E-state index contributed by atoms with van der Waals surface area (Å²) in [6.45, 7) is 1.08. The molecule has 0 aliphatic heterocycles. The minimum atomic E-state index is -1.26. The van der Waals surface area contributed by atoms with Crippen LogP contribution in [-0.4, -0.2) is 44.8 Å². The number of thioether (sulfide) groups is 1. The highest BCUT2D eigenvalue weighted by Gasteiger charge is 2.28. The van der Waals surface area contributed by atoms with E-state index in [1.54, 1.807) is 18.2 Å². The van der Waals surface area contributed by atoms with Crippen molar-refractivity contribution in [3.05, 3.63) is 35.9 Å². The molecule has 1 atom stereocenters. The van der Waals surface area contributed by atoms with E-state index < -0.39 is 29.1 Å². The molecule has 1 aromatic carbocycles. The number of carboxylic acids is 1. The predicted octanol–water partition coefficient (Wildman–Crippen LogP) is 0.940. The highest BCUT2D eigenvalue weighted by molar-refractivity contribution is 8.13. The molecule has 1 rings (SSSR count). The first-order valence-electron chi connectivity index (χ1n) is 5.89. The first-order valence-corrected chi connectivity index (χ1v) is 6.88. The summed E-state index contributed by atoms with van der Waals surface area (Å²) in [4.78, 5) is 46.6. The molecule has 0 heterocycles. The number of aliphatic carboxylic acids is 1. The Labute approximate surface area is 125 Å². The number of imide groups is 3. The van der Waals surface area contributed by atoms with Crippen LogP contribution in [0, 0.1) is 0 Å². The van der Waals surface area contributed by atoms with Gasteiger partial charge in [0.15, 0.2) is 0 Å². The lowest BCUT2D eigenvalue weighted by Crippen LogP contribution is -2.40. The first-order chi connectivity index (χ1) is 9.84. The summed E-state index contributed by atoms with van der Waals surface area (Å²) >= 11 is 0.512. The Morgan fingerprint density at radius 1 is 1.24 bits per heavy atom. The van der Waals surface area contributed by atoms with Crippen molar-refractivity contribution in [2.24, 2.45) is 5.73 Å². The summed E-state index contributed by atoms with van der Waals surface area (Å²) < 4.78 is 0. The molecule has 0 saturated carbocycles. The number of hydrogen-bond acceptors (Lipinski definition) is 6. The van der Waals surface area contributed by atoms with Crippen LogP contribution < -0.4 is 5.73 Å². The lowest BCUT2D eigenvalue weighted by atomic mass is 10.2. The number of hydrogen-bond donors (Lipinski definition) is 2. The maximum absolute atomic E-state index is 12.1. The van der Waals surface area contributed by atoms with E-state index in [0.717, 1.165) is 6.92 Å². The van der Waals surface area contributed by atoms with Crippen molar-refractivity contribution in [1.29, 1.82) is 0 Å². The van der Waals surface area contributed by atoms with Gasteiger partial charge in [-0.2, -0.15) is 0 Å². The monoisotopic (exact) mass is 310 g/mol. The Hall–Kier alpha value is -2.19. The summed E-state index contributed by atoms with van der Waals surface area (Å²) in [5.74, 6) is -3.01. The van der Waals surface area contributed by atoms with Crippen LogP contribution in [0.3, 0.4) is 0 Å². The molecule has 0 fully saturated rings. The third kappa shape index (κ3) is 4.69.